The summed E-state index contributed by atoms with van der Waals surface area (Å²) in [5, 5.41) is 0. The van der Waals surface area contributed by atoms with Crippen molar-refractivity contribution in [2.24, 2.45) is 0 Å². The van der Waals surface area contributed by atoms with Gasteiger partial charge in [-0.15, -0.1) is 0 Å². The number of aromatic amines is 1. The normalized spacial score (nSPS) is 16.1. The molecule has 2 aromatic heterocycles. The van der Waals surface area contributed by atoms with Gasteiger partial charge in [0.05, 0.1) is 12.8 Å². The summed E-state index contributed by atoms with van der Waals surface area (Å²) >= 11 is 0. The lowest BCUT2D eigenvalue weighted by atomic mass is 10.2. The highest BCUT2D eigenvalue weighted by Crippen LogP contribution is 2.10. The first-order valence-corrected chi connectivity index (χ1v) is 6.96. The van der Waals surface area contributed by atoms with Gasteiger partial charge in [-0.3, -0.25) is 14.5 Å². The molecular formula is C15H17N3O3. The number of nitrogens with one attached hydrogen (secondary N) is 1. The first-order valence-electron chi connectivity index (χ1n) is 6.96. The largest absolute Gasteiger partial charge is 0.468 e. The highest BCUT2D eigenvalue weighted by molar-refractivity contribution is 5.92. The van der Waals surface area contributed by atoms with Crippen molar-refractivity contribution >= 4 is 5.91 Å². The van der Waals surface area contributed by atoms with Gasteiger partial charge in [0.15, 0.2) is 0 Å². The Kier molecular flexibility index (Phi) is 3.87. The van der Waals surface area contributed by atoms with Crippen LogP contribution in [0.1, 0.15) is 16.2 Å². The summed E-state index contributed by atoms with van der Waals surface area (Å²) < 4.78 is 5.33. The van der Waals surface area contributed by atoms with Gasteiger partial charge in [-0.25, -0.2) is 0 Å². The molecule has 2 aromatic rings. The zero-order valence-electron chi connectivity index (χ0n) is 11.6. The van der Waals surface area contributed by atoms with Gasteiger partial charge in [0.2, 0.25) is 5.56 Å². The molecule has 0 radical (unpaired) electrons. The predicted octanol–water partition coefficient (Wildman–Crippen LogP) is 0.926. The monoisotopic (exact) mass is 287 g/mol. The second-order valence-corrected chi connectivity index (χ2v) is 5.08. The molecule has 6 nitrogen and oxygen atoms in total. The van der Waals surface area contributed by atoms with Crippen molar-refractivity contribution < 1.29 is 9.21 Å². The third-order valence-corrected chi connectivity index (χ3v) is 3.62. The summed E-state index contributed by atoms with van der Waals surface area (Å²) in [5.74, 6) is 0.813. The van der Waals surface area contributed by atoms with Crippen molar-refractivity contribution in [3.8, 4) is 0 Å². The zero-order valence-corrected chi connectivity index (χ0v) is 11.6. The maximum absolute atomic E-state index is 12.3. The minimum absolute atomic E-state index is 0.120. The van der Waals surface area contributed by atoms with Crippen molar-refractivity contribution in [3.05, 3.63) is 58.4 Å². The van der Waals surface area contributed by atoms with Crippen molar-refractivity contribution in [3.63, 3.8) is 0 Å². The Balaban J connectivity index is 1.58. The molecule has 0 unspecified atom stereocenters. The molecule has 0 atom stereocenters. The maximum Gasteiger partial charge on any atom is 0.270 e. The van der Waals surface area contributed by atoms with E-state index in [1.54, 1.807) is 23.3 Å². The lowest BCUT2D eigenvalue weighted by molar-refractivity contribution is 0.0614. The Morgan fingerprint density at radius 2 is 1.95 bits per heavy atom. The molecule has 0 bridgehead atoms. The summed E-state index contributed by atoms with van der Waals surface area (Å²) in [6, 6.07) is 8.46. The molecule has 1 N–H and O–H groups in total. The molecule has 1 saturated heterocycles. The van der Waals surface area contributed by atoms with Crippen molar-refractivity contribution in [2.75, 3.05) is 26.2 Å². The third-order valence-electron chi connectivity index (χ3n) is 3.62. The summed E-state index contributed by atoms with van der Waals surface area (Å²) in [5.41, 5.74) is 0.0966. The molecular weight excluding hydrogens is 270 g/mol. The van der Waals surface area contributed by atoms with E-state index in [2.05, 4.69) is 9.88 Å². The average molecular weight is 287 g/mol. The van der Waals surface area contributed by atoms with E-state index in [0.29, 0.717) is 18.8 Å². The van der Waals surface area contributed by atoms with Gasteiger partial charge < -0.3 is 14.3 Å². The van der Waals surface area contributed by atoms with E-state index in [1.807, 2.05) is 12.1 Å². The van der Waals surface area contributed by atoms with E-state index >= 15 is 0 Å². The van der Waals surface area contributed by atoms with Crippen LogP contribution in [-0.4, -0.2) is 46.9 Å². The number of aromatic nitrogens is 1. The standard InChI is InChI=1S/C15H17N3O3/c19-14-5-1-4-13(16-14)15(20)18-8-6-17(7-9-18)11-12-3-2-10-21-12/h1-5,10H,6-9,11H2,(H,16,19). The van der Waals surface area contributed by atoms with Crippen molar-refractivity contribution in [1.82, 2.24) is 14.8 Å². The Hall–Kier alpha value is -2.34. The molecule has 0 saturated carbocycles. The highest BCUT2D eigenvalue weighted by Gasteiger charge is 2.22. The van der Waals surface area contributed by atoms with Crippen molar-refractivity contribution in [1.29, 1.82) is 0 Å². The van der Waals surface area contributed by atoms with E-state index < -0.39 is 0 Å². The molecule has 1 aliphatic rings. The van der Waals surface area contributed by atoms with E-state index in [-0.39, 0.29) is 11.5 Å². The number of H-pyrrole nitrogens is 1. The topological polar surface area (TPSA) is 69.6 Å². The van der Waals surface area contributed by atoms with Gasteiger partial charge >= 0.3 is 0 Å². The first kappa shape index (κ1) is 13.6. The Bertz CT molecular complexity index is 655. The maximum atomic E-state index is 12.3. The second kappa shape index (κ2) is 5.97. The molecule has 0 spiro atoms. The fourth-order valence-electron chi connectivity index (χ4n) is 2.47. The number of carbonyl (C=O) groups is 1. The van der Waals surface area contributed by atoms with Crippen LogP contribution in [0.3, 0.4) is 0 Å². The molecule has 3 rings (SSSR count). The summed E-state index contributed by atoms with van der Waals surface area (Å²) in [6.07, 6.45) is 1.67. The minimum Gasteiger partial charge on any atom is -0.468 e. The van der Waals surface area contributed by atoms with Gasteiger partial charge in [-0.05, 0) is 18.2 Å². The van der Waals surface area contributed by atoms with Gasteiger partial charge in [-0.2, -0.15) is 0 Å². The fourth-order valence-corrected chi connectivity index (χ4v) is 2.47. The Labute approximate surface area is 122 Å². The Morgan fingerprint density at radius 3 is 2.62 bits per heavy atom. The lowest BCUT2D eigenvalue weighted by Gasteiger charge is -2.34. The van der Waals surface area contributed by atoms with E-state index in [1.165, 1.54) is 6.07 Å². The van der Waals surface area contributed by atoms with Crippen LogP contribution in [0.5, 0.6) is 0 Å². The van der Waals surface area contributed by atoms with Gasteiger partial charge in [-0.1, -0.05) is 6.07 Å². The number of piperazine rings is 1. The molecule has 0 aromatic carbocycles. The van der Waals surface area contributed by atoms with Crippen LogP contribution in [-0.2, 0) is 6.54 Å². The van der Waals surface area contributed by atoms with Crippen LogP contribution in [0.25, 0.3) is 0 Å². The van der Waals surface area contributed by atoms with Crippen molar-refractivity contribution in [2.45, 2.75) is 6.54 Å². The van der Waals surface area contributed by atoms with Crippen LogP contribution < -0.4 is 5.56 Å². The zero-order chi connectivity index (χ0) is 14.7. The molecule has 110 valence electrons. The number of pyridine rings is 1. The number of carbonyl (C=O) groups excluding carboxylic acids is 1. The lowest BCUT2D eigenvalue weighted by Crippen LogP contribution is -2.48. The van der Waals surface area contributed by atoms with E-state index in [0.717, 1.165) is 25.4 Å². The predicted molar refractivity (Wildman–Crippen MR) is 77.0 cm³/mol. The first-order chi connectivity index (χ1) is 10.2. The van der Waals surface area contributed by atoms with Crippen LogP contribution in [0.15, 0.2) is 45.8 Å². The summed E-state index contributed by atoms with van der Waals surface area (Å²) in [4.78, 5) is 30.1. The average Bonchev–Trinajstić information content (AvgIpc) is 3.00. The quantitative estimate of drug-likeness (QED) is 0.911. The van der Waals surface area contributed by atoms with E-state index in [4.69, 9.17) is 4.42 Å². The SMILES string of the molecule is O=C(c1cccc(=O)[nH]1)N1CCN(Cc2ccco2)CC1. The summed E-state index contributed by atoms with van der Waals surface area (Å²) in [6.45, 7) is 3.65. The number of hydrogen-bond acceptors (Lipinski definition) is 4. The molecule has 1 fully saturated rings. The van der Waals surface area contributed by atoms with Gasteiger partial charge in [0.1, 0.15) is 11.5 Å². The minimum atomic E-state index is -0.252. The third kappa shape index (κ3) is 3.22. The van der Waals surface area contributed by atoms with Gasteiger partial charge in [0.25, 0.3) is 5.91 Å². The van der Waals surface area contributed by atoms with E-state index in [9.17, 15) is 9.59 Å². The number of hydrogen-bond donors (Lipinski definition) is 1. The van der Waals surface area contributed by atoms with Crippen LogP contribution in [0.2, 0.25) is 0 Å². The molecule has 1 amide bonds. The summed E-state index contributed by atoms with van der Waals surface area (Å²) in [7, 11) is 0. The van der Waals surface area contributed by atoms with Crippen LogP contribution in [0.4, 0.5) is 0 Å². The highest BCUT2D eigenvalue weighted by atomic mass is 16.3. The fraction of sp³-hybridized carbons (Fsp3) is 0.333. The smallest absolute Gasteiger partial charge is 0.270 e. The Morgan fingerprint density at radius 1 is 1.14 bits per heavy atom. The number of nitrogens with zero attached hydrogens (tertiary/aromatic N) is 2. The van der Waals surface area contributed by atoms with Crippen LogP contribution >= 0.6 is 0 Å². The second-order valence-electron chi connectivity index (χ2n) is 5.08. The molecule has 21 heavy (non-hydrogen) atoms. The molecule has 6 heteroatoms. The number of amides is 1. The molecule has 0 aliphatic carbocycles. The number of furan rings is 1. The van der Waals surface area contributed by atoms with Gasteiger partial charge in [0, 0.05) is 32.2 Å². The molecule has 1 aliphatic heterocycles. The number of rotatable bonds is 3. The van der Waals surface area contributed by atoms with Crippen LogP contribution in [0, 0.1) is 0 Å². The molecule has 3 heterocycles.